The van der Waals surface area contributed by atoms with Gasteiger partial charge in [-0.3, -0.25) is 4.79 Å². The number of benzene rings is 1. The first-order valence-electron chi connectivity index (χ1n) is 11.2. The zero-order chi connectivity index (χ0) is 22.0. The average molecular weight is 417 g/mol. The Morgan fingerprint density at radius 3 is 2.23 bits per heavy atom. The number of aromatic nitrogens is 2. The van der Waals surface area contributed by atoms with E-state index in [0.717, 1.165) is 11.3 Å². The first-order chi connectivity index (χ1) is 15.0. The Balaban J connectivity index is 1.43. The molecule has 1 aromatic carbocycles. The highest BCUT2D eigenvalue weighted by Gasteiger charge is 2.19. The number of nitrogens with one attached hydrogen (secondary N) is 1. The summed E-state index contributed by atoms with van der Waals surface area (Å²) in [5.41, 5.74) is 10.2. The van der Waals surface area contributed by atoms with Crippen molar-refractivity contribution in [1.82, 2.24) is 14.6 Å². The molecule has 1 N–H and O–H groups in total. The Morgan fingerprint density at radius 2 is 1.58 bits per heavy atom. The van der Waals surface area contributed by atoms with E-state index >= 15 is 0 Å². The fourth-order valence-electron chi connectivity index (χ4n) is 4.90. The molecule has 0 radical (unpaired) electrons. The Bertz CT molecular complexity index is 1080. The lowest BCUT2D eigenvalue weighted by atomic mass is 9.95. The standard InChI is InChI=1S/C26H32N4O/c1-18-10-11-19(2)29(18)25-14-12-22(13-15-25)26(31)28-27-17-23-16-20(3)30(21(23)4)24-8-6-5-7-9-24/h10-17,24H,5-9H2,1-4H3,(H,28,31)/b27-17-. The zero-order valence-electron chi connectivity index (χ0n) is 19.0. The second-order valence-corrected chi connectivity index (χ2v) is 8.69. The summed E-state index contributed by atoms with van der Waals surface area (Å²) in [6.45, 7) is 8.46. The highest BCUT2D eigenvalue weighted by atomic mass is 16.2. The molecular formula is C26H32N4O. The summed E-state index contributed by atoms with van der Waals surface area (Å²) in [7, 11) is 0. The van der Waals surface area contributed by atoms with Crippen molar-refractivity contribution in [3.63, 3.8) is 0 Å². The minimum absolute atomic E-state index is 0.204. The zero-order valence-corrected chi connectivity index (χ0v) is 19.0. The van der Waals surface area contributed by atoms with Gasteiger partial charge in [-0.05, 0) is 83.0 Å². The number of hydrogen-bond donors (Lipinski definition) is 1. The second-order valence-electron chi connectivity index (χ2n) is 8.69. The van der Waals surface area contributed by atoms with Gasteiger partial charge in [-0.25, -0.2) is 5.43 Å². The highest BCUT2D eigenvalue weighted by molar-refractivity contribution is 5.95. The van der Waals surface area contributed by atoms with Crippen LogP contribution >= 0.6 is 0 Å². The van der Waals surface area contributed by atoms with Crippen LogP contribution < -0.4 is 5.43 Å². The van der Waals surface area contributed by atoms with Crippen LogP contribution in [0.5, 0.6) is 0 Å². The first kappa shape index (κ1) is 21.2. The van der Waals surface area contributed by atoms with Gasteiger partial charge in [0.05, 0.1) is 6.21 Å². The lowest BCUT2D eigenvalue weighted by molar-refractivity contribution is 0.0955. The van der Waals surface area contributed by atoms with E-state index in [1.807, 2.05) is 24.3 Å². The Labute approximate surface area is 184 Å². The van der Waals surface area contributed by atoms with Gasteiger partial charge in [0.2, 0.25) is 0 Å². The molecule has 1 saturated carbocycles. The largest absolute Gasteiger partial charge is 0.345 e. The van der Waals surface area contributed by atoms with Crippen LogP contribution in [0.25, 0.3) is 5.69 Å². The molecule has 1 fully saturated rings. The normalized spacial score (nSPS) is 15.0. The fraction of sp³-hybridized carbons (Fsp3) is 0.385. The molecule has 2 heterocycles. The van der Waals surface area contributed by atoms with Crippen molar-refractivity contribution in [3.8, 4) is 5.69 Å². The van der Waals surface area contributed by atoms with Crippen molar-refractivity contribution < 1.29 is 4.79 Å². The van der Waals surface area contributed by atoms with Gasteiger partial charge in [0.25, 0.3) is 5.91 Å². The molecule has 31 heavy (non-hydrogen) atoms. The van der Waals surface area contributed by atoms with Crippen molar-refractivity contribution >= 4 is 12.1 Å². The van der Waals surface area contributed by atoms with E-state index in [4.69, 9.17) is 0 Å². The molecule has 5 nitrogen and oxygen atoms in total. The monoisotopic (exact) mass is 416 g/mol. The SMILES string of the molecule is Cc1ccc(C)n1-c1ccc(C(=O)N/N=C\c2cc(C)n(C3CCCCC3)c2C)cc1. The van der Waals surface area contributed by atoms with Gasteiger partial charge >= 0.3 is 0 Å². The second kappa shape index (κ2) is 8.96. The number of nitrogens with zero attached hydrogens (tertiary/aromatic N) is 3. The molecule has 1 amide bonds. The Kier molecular flexibility index (Phi) is 6.12. The van der Waals surface area contributed by atoms with E-state index in [1.54, 1.807) is 6.21 Å². The van der Waals surface area contributed by atoms with Gasteiger partial charge in [0, 0.05) is 45.6 Å². The van der Waals surface area contributed by atoms with Crippen molar-refractivity contribution in [3.05, 3.63) is 76.4 Å². The molecule has 0 unspecified atom stereocenters. The van der Waals surface area contributed by atoms with E-state index in [1.165, 1.54) is 54.9 Å². The molecule has 0 atom stereocenters. The maximum atomic E-state index is 12.5. The van der Waals surface area contributed by atoms with Crippen molar-refractivity contribution in [2.24, 2.45) is 5.10 Å². The molecular weight excluding hydrogens is 384 g/mol. The van der Waals surface area contributed by atoms with Gasteiger partial charge in [-0.1, -0.05) is 19.3 Å². The summed E-state index contributed by atoms with van der Waals surface area (Å²) in [5.74, 6) is -0.204. The maximum Gasteiger partial charge on any atom is 0.271 e. The van der Waals surface area contributed by atoms with Crippen LogP contribution in [-0.4, -0.2) is 21.3 Å². The summed E-state index contributed by atoms with van der Waals surface area (Å²) in [5, 5.41) is 4.24. The number of hydrogen-bond acceptors (Lipinski definition) is 2. The highest BCUT2D eigenvalue weighted by Crippen LogP contribution is 2.31. The van der Waals surface area contributed by atoms with Crippen LogP contribution in [0.1, 0.15) is 76.8 Å². The van der Waals surface area contributed by atoms with Crippen LogP contribution in [0.15, 0.2) is 47.6 Å². The third-order valence-electron chi connectivity index (χ3n) is 6.49. The maximum absolute atomic E-state index is 12.5. The van der Waals surface area contributed by atoms with Gasteiger partial charge in [-0.2, -0.15) is 5.10 Å². The van der Waals surface area contributed by atoms with E-state index in [-0.39, 0.29) is 5.91 Å². The molecule has 2 aromatic heterocycles. The number of carbonyl (C=O) groups excluding carboxylic acids is 1. The summed E-state index contributed by atoms with van der Waals surface area (Å²) in [6, 6.07) is 14.6. The summed E-state index contributed by atoms with van der Waals surface area (Å²) in [6.07, 6.45) is 8.23. The molecule has 162 valence electrons. The van der Waals surface area contributed by atoms with Crippen LogP contribution in [0.2, 0.25) is 0 Å². The number of rotatable bonds is 5. The summed E-state index contributed by atoms with van der Waals surface area (Å²) < 4.78 is 4.62. The Hall–Kier alpha value is -3.08. The van der Waals surface area contributed by atoms with Crippen molar-refractivity contribution in [2.45, 2.75) is 65.8 Å². The molecule has 4 rings (SSSR count). The van der Waals surface area contributed by atoms with Gasteiger partial charge in [0.15, 0.2) is 0 Å². The van der Waals surface area contributed by atoms with Gasteiger partial charge in [0.1, 0.15) is 0 Å². The van der Waals surface area contributed by atoms with E-state index in [2.05, 4.69) is 65.6 Å². The number of aryl methyl sites for hydroxylation is 3. The topological polar surface area (TPSA) is 51.3 Å². The molecule has 0 spiro atoms. The predicted octanol–water partition coefficient (Wildman–Crippen LogP) is 5.78. The van der Waals surface area contributed by atoms with E-state index in [0.29, 0.717) is 11.6 Å². The van der Waals surface area contributed by atoms with Crippen molar-refractivity contribution in [2.75, 3.05) is 0 Å². The number of carbonyl (C=O) groups is 1. The lowest BCUT2D eigenvalue weighted by Gasteiger charge is -2.26. The summed E-state index contributed by atoms with van der Waals surface area (Å²) in [4.78, 5) is 12.5. The quantitative estimate of drug-likeness (QED) is 0.416. The van der Waals surface area contributed by atoms with Crippen LogP contribution in [-0.2, 0) is 0 Å². The smallest absolute Gasteiger partial charge is 0.271 e. The fourth-order valence-corrected chi connectivity index (χ4v) is 4.90. The molecule has 1 aliphatic carbocycles. The van der Waals surface area contributed by atoms with Crippen LogP contribution in [0.4, 0.5) is 0 Å². The van der Waals surface area contributed by atoms with E-state index in [9.17, 15) is 4.79 Å². The number of hydrazone groups is 1. The molecule has 1 aliphatic rings. The first-order valence-corrected chi connectivity index (χ1v) is 11.2. The van der Waals surface area contributed by atoms with Crippen LogP contribution in [0.3, 0.4) is 0 Å². The molecule has 0 bridgehead atoms. The average Bonchev–Trinajstić information content (AvgIpc) is 3.26. The molecule has 0 saturated heterocycles. The molecule has 0 aliphatic heterocycles. The van der Waals surface area contributed by atoms with Crippen molar-refractivity contribution in [1.29, 1.82) is 0 Å². The predicted molar refractivity (Wildman–Crippen MR) is 126 cm³/mol. The summed E-state index contributed by atoms with van der Waals surface area (Å²) >= 11 is 0. The van der Waals surface area contributed by atoms with Gasteiger partial charge in [-0.15, -0.1) is 0 Å². The van der Waals surface area contributed by atoms with E-state index < -0.39 is 0 Å². The van der Waals surface area contributed by atoms with Gasteiger partial charge < -0.3 is 9.13 Å². The number of amides is 1. The third-order valence-corrected chi connectivity index (χ3v) is 6.49. The van der Waals surface area contributed by atoms with Crippen LogP contribution in [0, 0.1) is 27.7 Å². The Morgan fingerprint density at radius 1 is 0.935 bits per heavy atom. The minimum atomic E-state index is -0.204. The molecule has 5 heteroatoms. The lowest BCUT2D eigenvalue weighted by Crippen LogP contribution is -2.18. The minimum Gasteiger partial charge on any atom is -0.345 e. The molecule has 3 aromatic rings. The third kappa shape index (κ3) is 4.36.